The summed E-state index contributed by atoms with van der Waals surface area (Å²) in [7, 11) is 1.92. The lowest BCUT2D eigenvalue weighted by atomic mass is 9.90. The molecule has 24 heavy (non-hydrogen) atoms. The van der Waals surface area contributed by atoms with Crippen molar-refractivity contribution in [2.24, 2.45) is 18.9 Å². The number of aryl methyl sites for hydroxylation is 1. The number of hydrogen-bond donors (Lipinski definition) is 2. The Balaban J connectivity index is 0.00000144. The highest BCUT2D eigenvalue weighted by Crippen LogP contribution is 2.28. The van der Waals surface area contributed by atoms with Crippen molar-refractivity contribution in [3.63, 3.8) is 0 Å². The van der Waals surface area contributed by atoms with E-state index in [0.29, 0.717) is 5.92 Å². The molecule has 0 radical (unpaired) electrons. The van der Waals surface area contributed by atoms with Crippen molar-refractivity contribution in [1.29, 1.82) is 0 Å². The van der Waals surface area contributed by atoms with Crippen molar-refractivity contribution in [1.82, 2.24) is 25.3 Å². The number of carbonyl (C=O) groups is 1. The second-order valence-corrected chi connectivity index (χ2v) is 6.61. The smallest absolute Gasteiger partial charge is 0.225 e. The molecule has 2 N–H and O–H groups in total. The first-order chi connectivity index (χ1) is 10.7. The number of hydrogen-bond acceptors (Lipinski definition) is 4. The fraction of sp³-hybridized carbons (Fsp3) is 0.750. The topological polar surface area (TPSA) is 62.2 Å². The average molecular weight is 378 g/mol. The average Bonchev–Trinajstić information content (AvgIpc) is 3.24. The lowest BCUT2D eigenvalue weighted by Crippen LogP contribution is -2.37. The predicted octanol–water partition coefficient (Wildman–Crippen LogP) is 1.02. The number of carbonyl (C=O) groups excluding carboxylic acids is 1. The van der Waals surface area contributed by atoms with Crippen molar-refractivity contribution in [2.45, 2.75) is 19.3 Å². The summed E-state index contributed by atoms with van der Waals surface area (Å²) < 4.78 is 1.81. The van der Waals surface area contributed by atoms with Gasteiger partial charge in [-0.3, -0.25) is 9.48 Å². The lowest BCUT2D eigenvalue weighted by molar-refractivity contribution is -0.125. The van der Waals surface area contributed by atoms with Crippen LogP contribution in [0.5, 0.6) is 0 Å². The standard InChI is InChI=1S/C16H27N5O.2ClH/c1-3-21-5-4-12(10-21)6-18-16(22)15-9-17-8-14(15)13-7-19-20(2)11-13;;/h7,11-12,14-15,17H,3-6,8-10H2,1-2H3,(H,18,22);2*1H/t12?,14-,15+;;/m1../s1. The summed E-state index contributed by atoms with van der Waals surface area (Å²) in [5.41, 5.74) is 1.16. The molecule has 2 aliphatic rings. The van der Waals surface area contributed by atoms with E-state index < -0.39 is 0 Å². The summed E-state index contributed by atoms with van der Waals surface area (Å²) >= 11 is 0. The van der Waals surface area contributed by atoms with E-state index in [-0.39, 0.29) is 42.6 Å². The second kappa shape index (κ2) is 9.61. The molecule has 1 unspecified atom stereocenters. The molecule has 0 spiro atoms. The Morgan fingerprint density at radius 2 is 2.21 bits per heavy atom. The van der Waals surface area contributed by atoms with Gasteiger partial charge < -0.3 is 15.5 Å². The molecule has 0 bridgehead atoms. The van der Waals surface area contributed by atoms with Crippen LogP contribution in [-0.2, 0) is 11.8 Å². The van der Waals surface area contributed by atoms with Crippen LogP contribution >= 0.6 is 24.8 Å². The maximum absolute atomic E-state index is 12.6. The van der Waals surface area contributed by atoms with Crippen LogP contribution in [0.4, 0.5) is 0 Å². The zero-order chi connectivity index (χ0) is 15.5. The van der Waals surface area contributed by atoms with Crippen LogP contribution < -0.4 is 10.6 Å². The lowest BCUT2D eigenvalue weighted by Gasteiger charge is -2.19. The zero-order valence-corrected chi connectivity index (χ0v) is 16.0. The van der Waals surface area contributed by atoms with Crippen LogP contribution in [-0.4, -0.2) is 59.9 Å². The second-order valence-electron chi connectivity index (χ2n) is 6.61. The van der Waals surface area contributed by atoms with E-state index in [0.717, 1.165) is 38.3 Å². The van der Waals surface area contributed by atoms with E-state index in [1.165, 1.54) is 13.0 Å². The Kier molecular flexibility index (Phi) is 8.50. The van der Waals surface area contributed by atoms with Gasteiger partial charge in [-0.25, -0.2) is 0 Å². The SMILES string of the molecule is CCN1CCC(CNC(=O)[C@H]2CNC[C@@H]2c2cnn(C)c2)C1.Cl.Cl. The van der Waals surface area contributed by atoms with Gasteiger partial charge in [0, 0.05) is 45.3 Å². The Bertz CT molecular complexity index is 524. The molecule has 6 nitrogen and oxygen atoms in total. The highest BCUT2D eigenvalue weighted by molar-refractivity contribution is 5.85. The van der Waals surface area contributed by atoms with E-state index in [9.17, 15) is 4.79 Å². The van der Waals surface area contributed by atoms with Crippen molar-refractivity contribution < 1.29 is 4.79 Å². The molecule has 1 aromatic rings. The molecule has 0 aromatic carbocycles. The molecule has 3 rings (SSSR count). The molecule has 2 fully saturated rings. The monoisotopic (exact) mass is 377 g/mol. The maximum atomic E-state index is 12.6. The normalized spacial score (nSPS) is 26.7. The van der Waals surface area contributed by atoms with Gasteiger partial charge in [-0.1, -0.05) is 6.92 Å². The summed E-state index contributed by atoms with van der Waals surface area (Å²) in [6, 6.07) is 0. The highest BCUT2D eigenvalue weighted by atomic mass is 35.5. The third kappa shape index (κ3) is 4.85. The predicted molar refractivity (Wildman–Crippen MR) is 100 cm³/mol. The van der Waals surface area contributed by atoms with E-state index in [4.69, 9.17) is 0 Å². The first-order valence-electron chi connectivity index (χ1n) is 8.36. The van der Waals surface area contributed by atoms with Crippen LogP contribution in [0.2, 0.25) is 0 Å². The van der Waals surface area contributed by atoms with Crippen molar-refractivity contribution >= 4 is 30.7 Å². The molecule has 1 aromatic heterocycles. The van der Waals surface area contributed by atoms with Gasteiger partial charge in [0.15, 0.2) is 0 Å². The van der Waals surface area contributed by atoms with Crippen molar-refractivity contribution in [2.75, 3.05) is 39.3 Å². The summed E-state index contributed by atoms with van der Waals surface area (Å²) in [4.78, 5) is 15.0. The van der Waals surface area contributed by atoms with E-state index in [1.807, 2.05) is 19.4 Å². The van der Waals surface area contributed by atoms with E-state index >= 15 is 0 Å². The van der Waals surface area contributed by atoms with Crippen molar-refractivity contribution in [3.05, 3.63) is 18.0 Å². The van der Waals surface area contributed by atoms with Crippen molar-refractivity contribution in [3.8, 4) is 0 Å². The Morgan fingerprint density at radius 3 is 2.83 bits per heavy atom. The maximum Gasteiger partial charge on any atom is 0.225 e. The third-order valence-electron chi connectivity index (χ3n) is 5.09. The minimum atomic E-state index is 0. The number of nitrogens with one attached hydrogen (secondary N) is 2. The first kappa shape index (κ1) is 21.2. The van der Waals surface area contributed by atoms with Crippen LogP contribution in [0.15, 0.2) is 12.4 Å². The molecule has 2 aliphatic heterocycles. The van der Waals surface area contributed by atoms with Gasteiger partial charge in [0.25, 0.3) is 0 Å². The Morgan fingerprint density at radius 1 is 1.42 bits per heavy atom. The first-order valence-corrected chi connectivity index (χ1v) is 8.36. The number of rotatable bonds is 5. The number of amides is 1. The summed E-state index contributed by atoms with van der Waals surface area (Å²) in [6.07, 6.45) is 5.10. The number of aromatic nitrogens is 2. The van der Waals surface area contributed by atoms with E-state index in [2.05, 4.69) is 27.6 Å². The molecule has 3 atom stereocenters. The van der Waals surface area contributed by atoms with Gasteiger partial charge in [-0.05, 0) is 31.0 Å². The van der Waals surface area contributed by atoms with E-state index in [1.54, 1.807) is 4.68 Å². The molecule has 8 heteroatoms. The molecule has 1 amide bonds. The largest absolute Gasteiger partial charge is 0.355 e. The fourth-order valence-electron chi connectivity index (χ4n) is 3.68. The third-order valence-corrected chi connectivity index (χ3v) is 5.09. The summed E-state index contributed by atoms with van der Waals surface area (Å²) in [5, 5.41) is 10.8. The van der Waals surface area contributed by atoms with Crippen LogP contribution in [0.1, 0.15) is 24.8 Å². The van der Waals surface area contributed by atoms with Gasteiger partial charge >= 0.3 is 0 Å². The molecule has 2 saturated heterocycles. The Labute approximate surface area is 156 Å². The van der Waals surface area contributed by atoms with Crippen LogP contribution in [0.3, 0.4) is 0 Å². The molecule has 138 valence electrons. The summed E-state index contributed by atoms with van der Waals surface area (Å²) in [5.74, 6) is 1.06. The van der Waals surface area contributed by atoms with Gasteiger partial charge in [0.2, 0.25) is 5.91 Å². The molecule has 0 saturated carbocycles. The van der Waals surface area contributed by atoms with Gasteiger partial charge in [-0.2, -0.15) is 5.10 Å². The number of halogens is 2. The van der Waals surface area contributed by atoms with Gasteiger partial charge in [0.1, 0.15) is 0 Å². The van der Waals surface area contributed by atoms with Gasteiger partial charge in [0.05, 0.1) is 12.1 Å². The summed E-state index contributed by atoms with van der Waals surface area (Å²) in [6.45, 7) is 8.02. The minimum Gasteiger partial charge on any atom is -0.355 e. The fourth-order valence-corrected chi connectivity index (χ4v) is 3.68. The molecule has 0 aliphatic carbocycles. The minimum absolute atomic E-state index is 0. The Hall–Kier alpha value is -0.820. The zero-order valence-electron chi connectivity index (χ0n) is 14.4. The number of nitrogens with zero attached hydrogens (tertiary/aromatic N) is 3. The van der Waals surface area contributed by atoms with Crippen LogP contribution in [0, 0.1) is 11.8 Å². The molecular weight excluding hydrogens is 349 g/mol. The van der Waals surface area contributed by atoms with Crippen LogP contribution in [0.25, 0.3) is 0 Å². The highest BCUT2D eigenvalue weighted by Gasteiger charge is 2.35. The van der Waals surface area contributed by atoms with Gasteiger partial charge in [-0.15, -0.1) is 24.8 Å². The number of likely N-dealkylation sites (tertiary alicyclic amines) is 1. The molecular formula is C16H29Cl2N5O. The molecule has 3 heterocycles. The quantitative estimate of drug-likeness (QED) is 0.804.